The number of hydrogen-bond donors (Lipinski definition) is 4. The van der Waals surface area contributed by atoms with Gasteiger partial charge in [-0.3, -0.25) is 19.1 Å². The highest BCUT2D eigenvalue weighted by Crippen LogP contribution is 2.47. The van der Waals surface area contributed by atoms with Gasteiger partial charge in [0.15, 0.2) is 5.11 Å². The van der Waals surface area contributed by atoms with E-state index >= 15 is 0 Å². The smallest absolute Gasteiger partial charge is 0.259 e. The number of ether oxygens (including phenoxy) is 2. The molecule has 5 atom stereocenters. The number of fused-ring (bicyclic) bond motifs is 1. The van der Waals surface area contributed by atoms with Crippen molar-refractivity contribution in [2.24, 2.45) is 17.1 Å². The molecular weight excluding hydrogens is 668 g/mol. The molecule has 0 bridgehead atoms. The highest BCUT2D eigenvalue weighted by atomic mass is 35.5. The van der Waals surface area contributed by atoms with Gasteiger partial charge in [0.1, 0.15) is 29.5 Å². The van der Waals surface area contributed by atoms with Crippen molar-refractivity contribution in [3.63, 3.8) is 0 Å². The number of carbonyl (C=O) groups excluding carboxylic acids is 3. The summed E-state index contributed by atoms with van der Waals surface area (Å²) in [5, 5.41) is 6.79. The lowest BCUT2D eigenvalue weighted by atomic mass is 9.85. The van der Waals surface area contributed by atoms with E-state index in [0.29, 0.717) is 40.8 Å². The molecule has 2 aliphatic carbocycles. The van der Waals surface area contributed by atoms with E-state index < -0.39 is 62.1 Å². The van der Waals surface area contributed by atoms with Crippen LogP contribution in [-0.2, 0) is 24.4 Å². The van der Waals surface area contributed by atoms with Crippen molar-refractivity contribution in [2.45, 2.75) is 88.8 Å². The number of rotatable bonds is 11. The number of nitrogens with zero attached hydrogens (tertiary/aromatic N) is 2. The number of likely N-dealkylation sites (tertiary alicyclic amines) is 1. The van der Waals surface area contributed by atoms with Gasteiger partial charge in [0.2, 0.25) is 27.7 Å². The molecule has 1 aliphatic heterocycles. The number of nitrogens with one attached hydrogen (secondary N) is 3. The molecule has 2 saturated carbocycles. The number of aromatic nitrogens is 1. The largest absolute Gasteiger partial charge is 0.494 e. The van der Waals surface area contributed by atoms with Gasteiger partial charge < -0.3 is 30.7 Å². The predicted octanol–water partition coefficient (Wildman–Crippen LogP) is 2.39. The van der Waals surface area contributed by atoms with Crippen LogP contribution in [0.15, 0.2) is 24.4 Å². The average molecular weight is 709 g/mol. The Labute approximate surface area is 284 Å². The van der Waals surface area contributed by atoms with Crippen LogP contribution in [0.1, 0.15) is 59.8 Å². The molecule has 5 N–H and O–H groups in total. The quantitative estimate of drug-likeness (QED) is 0.252. The zero-order valence-corrected chi connectivity index (χ0v) is 29.4. The maximum atomic E-state index is 14.2. The summed E-state index contributed by atoms with van der Waals surface area (Å²) in [7, 11) is -2.31. The van der Waals surface area contributed by atoms with Crippen molar-refractivity contribution in [3.05, 3.63) is 29.4 Å². The molecule has 1 saturated heterocycles. The highest BCUT2D eigenvalue weighted by molar-refractivity contribution is 7.91. The predicted molar refractivity (Wildman–Crippen MR) is 180 cm³/mol. The van der Waals surface area contributed by atoms with E-state index in [2.05, 4.69) is 20.3 Å². The van der Waals surface area contributed by atoms with Gasteiger partial charge in [0.25, 0.3) is 5.91 Å². The summed E-state index contributed by atoms with van der Waals surface area (Å²) in [6, 6.07) is 3.24. The molecule has 13 nitrogen and oxygen atoms in total. The topological polar surface area (TPSA) is 182 Å². The summed E-state index contributed by atoms with van der Waals surface area (Å²) in [5.41, 5.74) is 3.72. The lowest BCUT2D eigenvalue weighted by molar-refractivity contribution is -0.142. The standard InChI is InChI=1S/C31H41ClN6O7S2/c1-6-16-13-31(16,28(41)37-47(42,43)19-8-9-19)36-25(39)22-12-18(15-38(22)27(40)24(30(2,3)4)35-29(33)46)45-26-21-11-17(32)7-10-20(21)23(44-5)14-34-26/h7,10-11,14,16,18-19,22,24H,6,8-9,12-13,15H2,1-5H3,(H,36,39)(H,37,41)(H3,33,35,46)/t16-,18-,22+,24-,31-/m1/s1. The van der Waals surface area contributed by atoms with Gasteiger partial charge in [0, 0.05) is 22.2 Å². The maximum absolute atomic E-state index is 14.2. The molecule has 3 amide bonds. The van der Waals surface area contributed by atoms with Crippen LogP contribution in [0.3, 0.4) is 0 Å². The molecule has 2 heterocycles. The first-order chi connectivity index (χ1) is 22.0. The monoisotopic (exact) mass is 708 g/mol. The Balaban J connectivity index is 1.45. The van der Waals surface area contributed by atoms with Crippen LogP contribution in [0.25, 0.3) is 10.8 Å². The minimum absolute atomic E-state index is 0.00471. The number of nitrogens with two attached hydrogens (primary N) is 1. The number of thiocarbonyl (C=S) groups is 1. The number of methoxy groups -OCH3 is 1. The second-order valence-electron chi connectivity index (χ2n) is 13.6. The molecule has 3 aliphatic rings. The van der Waals surface area contributed by atoms with Crippen molar-refractivity contribution < 1.29 is 32.3 Å². The third-order valence-electron chi connectivity index (χ3n) is 9.07. The summed E-state index contributed by atoms with van der Waals surface area (Å²) in [4.78, 5) is 47.5. The Bertz CT molecular complexity index is 1710. The number of hydrogen-bond acceptors (Lipinski definition) is 9. The van der Waals surface area contributed by atoms with Gasteiger partial charge in [-0.2, -0.15) is 0 Å². The van der Waals surface area contributed by atoms with E-state index in [1.807, 2.05) is 27.7 Å². The second kappa shape index (κ2) is 12.9. The van der Waals surface area contributed by atoms with E-state index in [1.165, 1.54) is 18.2 Å². The van der Waals surface area contributed by atoms with Crippen LogP contribution in [0.2, 0.25) is 5.02 Å². The Morgan fingerprint density at radius 1 is 1.23 bits per heavy atom. The zero-order valence-electron chi connectivity index (χ0n) is 27.0. The normalized spacial score (nSPS) is 24.7. The van der Waals surface area contributed by atoms with E-state index in [-0.39, 0.29) is 36.3 Å². The van der Waals surface area contributed by atoms with Crippen molar-refractivity contribution in [1.82, 2.24) is 25.2 Å². The zero-order chi connectivity index (χ0) is 34.5. The fourth-order valence-electron chi connectivity index (χ4n) is 6.21. The molecule has 1 aromatic heterocycles. The third kappa shape index (κ3) is 7.21. The summed E-state index contributed by atoms with van der Waals surface area (Å²) >= 11 is 11.4. The van der Waals surface area contributed by atoms with Gasteiger partial charge in [0.05, 0.1) is 25.1 Å². The molecule has 5 rings (SSSR count). The molecule has 2 aromatic rings. The van der Waals surface area contributed by atoms with Gasteiger partial charge in [-0.25, -0.2) is 13.4 Å². The molecule has 0 unspecified atom stereocenters. The van der Waals surface area contributed by atoms with Crippen LogP contribution in [0.5, 0.6) is 11.6 Å². The lowest BCUT2D eigenvalue weighted by Crippen LogP contribution is -2.60. The molecular formula is C31H41ClN6O7S2. The van der Waals surface area contributed by atoms with Crippen molar-refractivity contribution in [1.29, 1.82) is 0 Å². The molecule has 256 valence electrons. The molecule has 16 heteroatoms. The highest BCUT2D eigenvalue weighted by Gasteiger charge is 2.62. The Kier molecular flexibility index (Phi) is 9.56. The Morgan fingerprint density at radius 2 is 1.94 bits per heavy atom. The van der Waals surface area contributed by atoms with E-state index in [4.69, 9.17) is 39.0 Å². The van der Waals surface area contributed by atoms with Gasteiger partial charge >= 0.3 is 0 Å². The summed E-state index contributed by atoms with van der Waals surface area (Å²) in [5.74, 6) is -1.31. The van der Waals surface area contributed by atoms with Crippen LogP contribution >= 0.6 is 23.8 Å². The number of pyridine rings is 1. The number of carbonyl (C=O) groups is 3. The number of benzene rings is 1. The van der Waals surface area contributed by atoms with Gasteiger partial charge in [-0.05, 0) is 61.0 Å². The molecule has 0 radical (unpaired) electrons. The van der Waals surface area contributed by atoms with E-state index in [0.717, 1.165) is 0 Å². The minimum Gasteiger partial charge on any atom is -0.494 e. The summed E-state index contributed by atoms with van der Waals surface area (Å²) in [6.45, 7) is 7.39. The van der Waals surface area contributed by atoms with E-state index in [9.17, 15) is 22.8 Å². The fourth-order valence-corrected chi connectivity index (χ4v) is 7.86. The number of amides is 3. The second-order valence-corrected chi connectivity index (χ2v) is 16.4. The fraction of sp³-hybridized carbons (Fsp3) is 0.581. The maximum Gasteiger partial charge on any atom is 0.259 e. The SMILES string of the molecule is CC[C@@H]1C[C@]1(NC(=O)[C@@H]1C[C@@H](Oc2ncc(OC)c3ccc(Cl)cc23)CN1C(=O)[C@@H](NC(N)=S)C(C)(C)C)C(=O)NS(=O)(=O)C1CC1. The Hall–Kier alpha value is -3.43. The molecule has 47 heavy (non-hydrogen) atoms. The first-order valence-electron chi connectivity index (χ1n) is 15.5. The van der Waals surface area contributed by atoms with Crippen LogP contribution < -0.4 is 30.6 Å². The summed E-state index contributed by atoms with van der Waals surface area (Å²) in [6.07, 6.45) is 2.68. The average Bonchev–Trinajstić information content (AvgIpc) is 3.92. The van der Waals surface area contributed by atoms with Gasteiger partial charge in [-0.15, -0.1) is 0 Å². The van der Waals surface area contributed by atoms with Crippen molar-refractivity contribution in [3.8, 4) is 11.6 Å². The number of sulfonamides is 1. The van der Waals surface area contributed by atoms with Gasteiger partial charge in [-0.1, -0.05) is 45.7 Å². The lowest BCUT2D eigenvalue weighted by Gasteiger charge is -2.35. The minimum atomic E-state index is -3.84. The van der Waals surface area contributed by atoms with Crippen LogP contribution in [0, 0.1) is 11.3 Å². The van der Waals surface area contributed by atoms with Crippen LogP contribution in [-0.4, -0.2) is 83.8 Å². The third-order valence-corrected chi connectivity index (χ3v) is 11.2. The summed E-state index contributed by atoms with van der Waals surface area (Å²) < 4.78 is 39.2. The molecule has 3 fully saturated rings. The molecule has 1 aromatic carbocycles. The number of halogens is 1. The van der Waals surface area contributed by atoms with Crippen molar-refractivity contribution in [2.75, 3.05) is 13.7 Å². The van der Waals surface area contributed by atoms with Crippen LogP contribution in [0.4, 0.5) is 0 Å². The van der Waals surface area contributed by atoms with Crippen molar-refractivity contribution >= 4 is 67.4 Å². The van der Waals surface area contributed by atoms with E-state index in [1.54, 1.807) is 18.2 Å². The Morgan fingerprint density at radius 3 is 2.51 bits per heavy atom. The molecule has 0 spiro atoms. The first kappa shape index (κ1) is 34.9. The first-order valence-corrected chi connectivity index (χ1v) is 17.9.